The molecule has 0 atom stereocenters. The molecule has 0 saturated carbocycles. The van der Waals surface area contributed by atoms with Crippen LogP contribution in [0.1, 0.15) is 15.9 Å². The summed E-state index contributed by atoms with van der Waals surface area (Å²) in [5, 5.41) is 23.2. The number of aromatic carboxylic acids is 1. The molecule has 0 bridgehead atoms. The van der Waals surface area contributed by atoms with E-state index in [0.717, 1.165) is 0 Å². The van der Waals surface area contributed by atoms with Gasteiger partial charge in [0, 0.05) is 18.4 Å². The highest BCUT2D eigenvalue weighted by Crippen LogP contribution is 2.12. The Labute approximate surface area is 143 Å². The first-order valence-electron chi connectivity index (χ1n) is 7.22. The summed E-state index contributed by atoms with van der Waals surface area (Å²) < 4.78 is 13.1. The molecule has 3 N–H and O–H groups in total. The molecule has 6 nitrogen and oxygen atoms in total. The van der Waals surface area contributed by atoms with Crippen molar-refractivity contribution in [3.63, 3.8) is 0 Å². The smallest absolute Gasteiger partial charge is 0.335 e. The van der Waals surface area contributed by atoms with Crippen LogP contribution in [0.3, 0.4) is 0 Å². The number of carbonyl (C=O) groups is 2. The molecule has 0 aromatic heterocycles. The fraction of sp³-hybridized carbons (Fsp3) is 0.0556. The van der Waals surface area contributed by atoms with Crippen molar-refractivity contribution in [2.24, 2.45) is 0 Å². The average Bonchev–Trinajstić information content (AvgIpc) is 2.59. The van der Waals surface area contributed by atoms with Crippen molar-refractivity contribution >= 4 is 17.6 Å². The fourth-order valence-electron chi connectivity index (χ4n) is 1.99. The zero-order chi connectivity index (χ0) is 18.2. The number of amides is 1. The van der Waals surface area contributed by atoms with E-state index in [1.165, 1.54) is 42.6 Å². The summed E-state index contributed by atoms with van der Waals surface area (Å²) in [5.41, 5.74) is 0.737. The molecule has 0 fully saturated rings. The minimum absolute atomic E-state index is 0.0181. The summed E-state index contributed by atoms with van der Waals surface area (Å²) in [4.78, 5) is 23.0. The van der Waals surface area contributed by atoms with Crippen LogP contribution in [-0.4, -0.2) is 17.0 Å². The second-order valence-electron chi connectivity index (χ2n) is 5.02. The van der Waals surface area contributed by atoms with Gasteiger partial charge in [-0.05, 0) is 35.9 Å². The molecule has 0 heterocycles. The number of halogens is 1. The normalized spacial score (nSPS) is 10.6. The number of rotatable bonds is 6. The highest BCUT2D eigenvalue weighted by molar-refractivity contribution is 6.06. The van der Waals surface area contributed by atoms with Gasteiger partial charge in [0.25, 0.3) is 5.91 Å². The lowest BCUT2D eigenvalue weighted by Gasteiger charge is -2.06. The molecule has 2 aromatic carbocycles. The van der Waals surface area contributed by atoms with E-state index in [-0.39, 0.29) is 29.2 Å². The van der Waals surface area contributed by atoms with Crippen molar-refractivity contribution in [1.29, 1.82) is 5.26 Å². The first-order chi connectivity index (χ1) is 12.0. The number of carboxylic acids is 1. The van der Waals surface area contributed by atoms with Crippen LogP contribution in [0.5, 0.6) is 0 Å². The van der Waals surface area contributed by atoms with E-state index >= 15 is 0 Å². The third-order valence-electron chi connectivity index (χ3n) is 3.17. The number of nitriles is 1. The SMILES string of the molecule is N#C/C(=C/NCc1cccc(F)c1)C(=O)Nc1cccc(C(=O)O)c1. The van der Waals surface area contributed by atoms with E-state index in [1.54, 1.807) is 18.2 Å². The number of hydrogen-bond acceptors (Lipinski definition) is 4. The van der Waals surface area contributed by atoms with Gasteiger partial charge in [0.05, 0.1) is 5.56 Å². The van der Waals surface area contributed by atoms with Gasteiger partial charge in [-0.3, -0.25) is 4.79 Å². The molecule has 1 amide bonds. The molecule has 25 heavy (non-hydrogen) atoms. The van der Waals surface area contributed by atoms with Crippen LogP contribution in [0.2, 0.25) is 0 Å². The van der Waals surface area contributed by atoms with Gasteiger partial charge in [-0.2, -0.15) is 5.26 Å². The first kappa shape index (κ1) is 17.7. The van der Waals surface area contributed by atoms with Gasteiger partial charge in [-0.25, -0.2) is 9.18 Å². The van der Waals surface area contributed by atoms with Crippen LogP contribution in [0.15, 0.2) is 60.3 Å². The van der Waals surface area contributed by atoms with E-state index in [2.05, 4.69) is 10.6 Å². The van der Waals surface area contributed by atoms with Crippen molar-refractivity contribution in [2.45, 2.75) is 6.54 Å². The second kappa shape index (κ2) is 8.26. The van der Waals surface area contributed by atoms with Crippen molar-refractivity contribution in [2.75, 3.05) is 5.32 Å². The minimum Gasteiger partial charge on any atom is -0.478 e. The van der Waals surface area contributed by atoms with E-state index in [1.807, 2.05) is 0 Å². The van der Waals surface area contributed by atoms with Crippen LogP contribution < -0.4 is 10.6 Å². The zero-order valence-electron chi connectivity index (χ0n) is 13.0. The summed E-state index contributed by atoms with van der Waals surface area (Å²) in [6.45, 7) is 0.241. The average molecular weight is 339 g/mol. The van der Waals surface area contributed by atoms with Gasteiger partial charge in [0.2, 0.25) is 0 Å². The second-order valence-corrected chi connectivity index (χ2v) is 5.02. The summed E-state index contributed by atoms with van der Waals surface area (Å²) in [7, 11) is 0. The van der Waals surface area contributed by atoms with Crippen molar-refractivity contribution < 1.29 is 19.1 Å². The topological polar surface area (TPSA) is 102 Å². The van der Waals surface area contributed by atoms with Gasteiger partial charge < -0.3 is 15.7 Å². The predicted octanol–water partition coefficient (Wildman–Crippen LogP) is 2.66. The number of carbonyl (C=O) groups excluding carboxylic acids is 1. The highest BCUT2D eigenvalue weighted by Gasteiger charge is 2.10. The molecule has 7 heteroatoms. The van der Waals surface area contributed by atoms with Gasteiger partial charge in [0.1, 0.15) is 17.5 Å². The van der Waals surface area contributed by atoms with E-state index in [4.69, 9.17) is 10.4 Å². The van der Waals surface area contributed by atoms with Crippen molar-refractivity contribution in [3.8, 4) is 6.07 Å². The molecule has 0 spiro atoms. The molecule has 0 saturated heterocycles. The van der Waals surface area contributed by atoms with Crippen molar-refractivity contribution in [3.05, 3.63) is 77.2 Å². The number of nitrogens with one attached hydrogen (secondary N) is 2. The van der Waals surface area contributed by atoms with Crippen molar-refractivity contribution in [1.82, 2.24) is 5.32 Å². The van der Waals surface area contributed by atoms with Crippen LogP contribution in [0.25, 0.3) is 0 Å². The monoisotopic (exact) mass is 339 g/mol. The zero-order valence-corrected chi connectivity index (χ0v) is 13.0. The predicted molar refractivity (Wildman–Crippen MR) is 89.0 cm³/mol. The Hall–Kier alpha value is -3.66. The molecule has 2 rings (SSSR count). The Bertz CT molecular complexity index is 872. The standard InChI is InChI=1S/C18H14FN3O3/c19-15-5-1-3-12(7-15)10-21-11-14(9-20)17(23)22-16-6-2-4-13(8-16)18(24)25/h1-8,11,21H,10H2,(H,22,23)(H,24,25)/b14-11-. The highest BCUT2D eigenvalue weighted by atomic mass is 19.1. The van der Waals surface area contributed by atoms with Gasteiger partial charge in [-0.1, -0.05) is 18.2 Å². The van der Waals surface area contributed by atoms with E-state index < -0.39 is 11.9 Å². The van der Waals surface area contributed by atoms with E-state index in [0.29, 0.717) is 5.56 Å². The summed E-state index contributed by atoms with van der Waals surface area (Å²) >= 11 is 0. The molecular weight excluding hydrogens is 325 g/mol. The quantitative estimate of drug-likeness (QED) is 0.555. The molecule has 0 unspecified atom stereocenters. The summed E-state index contributed by atoms with van der Waals surface area (Å²) in [6, 6.07) is 13.3. The molecule has 0 radical (unpaired) electrons. The Kier molecular flexibility index (Phi) is 5.85. The number of benzene rings is 2. The number of nitrogens with zero attached hydrogens (tertiary/aromatic N) is 1. The molecule has 0 aliphatic carbocycles. The van der Waals surface area contributed by atoms with E-state index in [9.17, 15) is 14.0 Å². The van der Waals surface area contributed by atoms with Crippen LogP contribution in [0, 0.1) is 17.1 Å². The van der Waals surface area contributed by atoms with Crippen LogP contribution in [0.4, 0.5) is 10.1 Å². The summed E-state index contributed by atoms with van der Waals surface area (Å²) in [6.07, 6.45) is 1.22. The van der Waals surface area contributed by atoms with Gasteiger partial charge >= 0.3 is 5.97 Å². The van der Waals surface area contributed by atoms with Gasteiger partial charge in [0.15, 0.2) is 0 Å². The molecule has 0 aliphatic heterocycles. The number of anilines is 1. The Morgan fingerprint density at radius 3 is 2.64 bits per heavy atom. The molecular formula is C18H14FN3O3. The Balaban J connectivity index is 2.02. The number of hydrogen-bond donors (Lipinski definition) is 3. The lowest BCUT2D eigenvalue weighted by Crippen LogP contribution is -2.17. The molecule has 126 valence electrons. The first-order valence-corrected chi connectivity index (χ1v) is 7.22. The molecule has 2 aromatic rings. The third-order valence-corrected chi connectivity index (χ3v) is 3.17. The summed E-state index contributed by atoms with van der Waals surface area (Å²) in [5.74, 6) is -2.18. The maximum absolute atomic E-state index is 13.1. The van der Waals surface area contributed by atoms with Crippen LogP contribution >= 0.6 is 0 Å². The Morgan fingerprint density at radius 1 is 1.20 bits per heavy atom. The fourth-order valence-corrected chi connectivity index (χ4v) is 1.99. The van der Waals surface area contributed by atoms with Crippen LogP contribution in [-0.2, 0) is 11.3 Å². The minimum atomic E-state index is -1.12. The lowest BCUT2D eigenvalue weighted by atomic mass is 10.2. The molecule has 0 aliphatic rings. The Morgan fingerprint density at radius 2 is 1.96 bits per heavy atom. The number of carboxylic acid groups (broad SMARTS) is 1. The maximum atomic E-state index is 13.1. The maximum Gasteiger partial charge on any atom is 0.335 e. The largest absolute Gasteiger partial charge is 0.478 e. The third kappa shape index (κ3) is 5.18. The lowest BCUT2D eigenvalue weighted by molar-refractivity contribution is -0.112. The van der Waals surface area contributed by atoms with Gasteiger partial charge in [-0.15, -0.1) is 0 Å².